The fraction of sp³-hybridized carbons (Fsp3) is 0.448. The summed E-state index contributed by atoms with van der Waals surface area (Å²) in [6.07, 6.45) is 3.88. The number of fused-ring (bicyclic) bond motifs is 3. The van der Waals surface area contributed by atoms with Crippen LogP contribution in [0, 0.1) is 5.92 Å². The Morgan fingerprint density at radius 2 is 1.87 bits per heavy atom. The van der Waals surface area contributed by atoms with Gasteiger partial charge < -0.3 is 19.7 Å². The lowest BCUT2D eigenvalue weighted by molar-refractivity contribution is -0.143. The van der Waals surface area contributed by atoms with Crippen LogP contribution in [0.5, 0.6) is 0 Å². The van der Waals surface area contributed by atoms with E-state index in [-0.39, 0.29) is 18.0 Å². The van der Waals surface area contributed by atoms with E-state index in [1.54, 1.807) is 4.90 Å². The molecule has 0 radical (unpaired) electrons. The number of amides is 2. The lowest BCUT2D eigenvalue weighted by Gasteiger charge is -2.34. The molecular formula is C29H34N4O5. The minimum Gasteiger partial charge on any atom is -0.481 e. The molecule has 1 saturated carbocycles. The van der Waals surface area contributed by atoms with E-state index >= 15 is 0 Å². The molecule has 1 aromatic heterocycles. The summed E-state index contributed by atoms with van der Waals surface area (Å²) in [6.45, 7) is 3.49. The van der Waals surface area contributed by atoms with Gasteiger partial charge in [-0.3, -0.25) is 14.5 Å². The van der Waals surface area contributed by atoms with E-state index in [0.29, 0.717) is 18.7 Å². The smallest absolute Gasteiger partial charge is 0.414 e. The monoisotopic (exact) mass is 518 g/mol. The topological polar surface area (TPSA) is 114 Å². The summed E-state index contributed by atoms with van der Waals surface area (Å²) >= 11 is 0. The Bertz CT molecular complexity index is 1370. The number of carboxylic acid groups (broad SMARTS) is 1. The molecule has 5 rings (SSSR count). The summed E-state index contributed by atoms with van der Waals surface area (Å²) < 4.78 is 7.24. The van der Waals surface area contributed by atoms with Crippen molar-refractivity contribution < 1.29 is 24.2 Å². The number of aryl methyl sites for hydroxylation is 1. The summed E-state index contributed by atoms with van der Waals surface area (Å²) in [6, 6.07) is 13.0. The molecule has 4 atom stereocenters. The van der Waals surface area contributed by atoms with Crippen LogP contribution < -0.4 is 10.2 Å². The van der Waals surface area contributed by atoms with Gasteiger partial charge in [0.05, 0.1) is 29.7 Å². The number of imidazole rings is 1. The van der Waals surface area contributed by atoms with Crippen molar-refractivity contribution in [3.05, 3.63) is 59.4 Å². The van der Waals surface area contributed by atoms with Crippen LogP contribution in [0.2, 0.25) is 0 Å². The predicted molar refractivity (Wildman–Crippen MR) is 143 cm³/mol. The number of carbonyl (C=O) groups is 3. The first-order valence-corrected chi connectivity index (χ1v) is 13.3. The largest absolute Gasteiger partial charge is 0.481 e. The van der Waals surface area contributed by atoms with Crippen molar-refractivity contribution in [3.63, 3.8) is 0 Å². The molecule has 1 aliphatic heterocycles. The summed E-state index contributed by atoms with van der Waals surface area (Å²) in [5, 5.41) is 12.9. The number of carboxylic acids is 1. The number of nitrogens with zero attached hydrogens (tertiary/aromatic N) is 3. The summed E-state index contributed by atoms with van der Waals surface area (Å²) in [5.41, 5.74) is 4.30. The first-order chi connectivity index (χ1) is 18.3. The van der Waals surface area contributed by atoms with Gasteiger partial charge in [-0.1, -0.05) is 36.8 Å². The van der Waals surface area contributed by atoms with Crippen molar-refractivity contribution >= 4 is 34.7 Å². The summed E-state index contributed by atoms with van der Waals surface area (Å²) in [5.74, 6) is -0.711. The van der Waals surface area contributed by atoms with E-state index in [9.17, 15) is 19.5 Å². The quantitative estimate of drug-likeness (QED) is 0.492. The zero-order valence-electron chi connectivity index (χ0n) is 22.0. The van der Waals surface area contributed by atoms with E-state index in [0.717, 1.165) is 53.5 Å². The SMILES string of the molecule is COC(=O)N1c2ccc3c(nc([C@H](NC(C)=O)c4ccccc4)n3[C@@H]3CCC[C@@H](C(=O)O)C3)c2CC[C@@H]1C. The van der Waals surface area contributed by atoms with Crippen LogP contribution in [0.15, 0.2) is 42.5 Å². The third-order valence-corrected chi connectivity index (χ3v) is 7.95. The average Bonchev–Trinajstić information content (AvgIpc) is 3.31. The van der Waals surface area contributed by atoms with Gasteiger partial charge in [0.1, 0.15) is 11.9 Å². The molecule has 2 N–H and O–H groups in total. The number of ether oxygens (including phenoxy) is 1. The highest BCUT2D eigenvalue weighted by Gasteiger charge is 2.36. The second-order valence-corrected chi connectivity index (χ2v) is 10.4. The third-order valence-electron chi connectivity index (χ3n) is 7.95. The van der Waals surface area contributed by atoms with E-state index in [1.807, 2.05) is 49.4 Å². The fourth-order valence-electron chi connectivity index (χ4n) is 6.15. The van der Waals surface area contributed by atoms with Crippen LogP contribution in [0.4, 0.5) is 10.5 Å². The number of methoxy groups -OCH3 is 1. The highest BCUT2D eigenvalue weighted by molar-refractivity contribution is 5.95. The summed E-state index contributed by atoms with van der Waals surface area (Å²) in [4.78, 5) is 43.9. The molecule has 1 aliphatic carbocycles. The number of aliphatic carboxylic acids is 1. The van der Waals surface area contributed by atoms with E-state index < -0.39 is 24.0 Å². The van der Waals surface area contributed by atoms with Gasteiger partial charge >= 0.3 is 12.1 Å². The molecule has 0 unspecified atom stereocenters. The Hall–Kier alpha value is -3.88. The van der Waals surface area contributed by atoms with Crippen molar-refractivity contribution in [2.75, 3.05) is 12.0 Å². The number of anilines is 1. The van der Waals surface area contributed by atoms with Crippen molar-refractivity contribution in [2.45, 2.75) is 70.5 Å². The van der Waals surface area contributed by atoms with Crippen molar-refractivity contribution in [1.82, 2.24) is 14.9 Å². The normalized spacial score (nSPS) is 22.0. The van der Waals surface area contributed by atoms with Crippen molar-refractivity contribution in [2.24, 2.45) is 5.92 Å². The van der Waals surface area contributed by atoms with Crippen LogP contribution in [-0.2, 0) is 20.7 Å². The molecule has 9 heteroatoms. The molecule has 2 aliphatic rings. The number of benzene rings is 2. The van der Waals surface area contributed by atoms with Crippen molar-refractivity contribution in [1.29, 1.82) is 0 Å². The fourth-order valence-corrected chi connectivity index (χ4v) is 6.15. The van der Waals surface area contributed by atoms with E-state index in [1.165, 1.54) is 14.0 Å². The summed E-state index contributed by atoms with van der Waals surface area (Å²) in [7, 11) is 1.38. The Morgan fingerprint density at radius 1 is 1.11 bits per heavy atom. The highest BCUT2D eigenvalue weighted by atomic mass is 16.5. The van der Waals surface area contributed by atoms with Crippen LogP contribution in [0.1, 0.15) is 75.0 Å². The third kappa shape index (κ3) is 4.61. The van der Waals surface area contributed by atoms with Gasteiger partial charge in [-0.2, -0.15) is 0 Å². The zero-order valence-corrected chi connectivity index (χ0v) is 22.0. The number of rotatable bonds is 5. The van der Waals surface area contributed by atoms with Gasteiger partial charge in [0.2, 0.25) is 5.91 Å². The second-order valence-electron chi connectivity index (χ2n) is 10.4. The standard InChI is InChI=1S/C29H34N4O5/c1-17-12-13-22-23(32(17)29(37)38-3)14-15-24-26(22)31-27(25(30-18(2)34)19-8-5-4-6-9-19)33(24)21-11-7-10-20(16-21)28(35)36/h4-6,8-9,14-15,17,20-21,25H,7,10-13,16H2,1-3H3,(H,30,34)(H,35,36)/t17-,20+,21+,25+/m0/s1. The molecule has 2 heterocycles. The molecule has 1 fully saturated rings. The van der Waals surface area contributed by atoms with Gasteiger partial charge in [0.15, 0.2) is 0 Å². The number of hydrogen-bond donors (Lipinski definition) is 2. The van der Waals surface area contributed by atoms with Gasteiger partial charge in [0, 0.05) is 24.6 Å². The first kappa shape index (κ1) is 25.8. The predicted octanol–water partition coefficient (Wildman–Crippen LogP) is 4.99. The molecular weight excluding hydrogens is 484 g/mol. The Labute approximate surface area is 221 Å². The van der Waals surface area contributed by atoms with Gasteiger partial charge in [0.25, 0.3) is 0 Å². The van der Waals surface area contributed by atoms with Gasteiger partial charge in [-0.05, 0) is 56.7 Å². The molecule has 200 valence electrons. The van der Waals surface area contributed by atoms with Gasteiger partial charge in [-0.15, -0.1) is 0 Å². The lowest BCUT2D eigenvalue weighted by atomic mass is 9.85. The maximum Gasteiger partial charge on any atom is 0.414 e. The average molecular weight is 519 g/mol. The van der Waals surface area contributed by atoms with Crippen LogP contribution >= 0.6 is 0 Å². The van der Waals surface area contributed by atoms with Crippen LogP contribution in [-0.4, -0.2) is 45.8 Å². The molecule has 3 aromatic rings. The van der Waals surface area contributed by atoms with Gasteiger partial charge in [-0.25, -0.2) is 9.78 Å². The lowest BCUT2D eigenvalue weighted by Crippen LogP contribution is -2.42. The Kier molecular flexibility index (Phi) is 7.10. The molecule has 0 saturated heterocycles. The van der Waals surface area contributed by atoms with Crippen LogP contribution in [0.25, 0.3) is 11.0 Å². The molecule has 2 amide bonds. The second kappa shape index (κ2) is 10.5. The number of hydrogen-bond acceptors (Lipinski definition) is 5. The maximum atomic E-state index is 12.7. The Morgan fingerprint density at radius 3 is 2.55 bits per heavy atom. The molecule has 2 aromatic carbocycles. The molecule has 0 bridgehead atoms. The molecule has 9 nitrogen and oxygen atoms in total. The first-order valence-electron chi connectivity index (χ1n) is 13.3. The highest BCUT2D eigenvalue weighted by Crippen LogP contribution is 2.42. The number of nitrogens with one attached hydrogen (secondary N) is 1. The zero-order chi connectivity index (χ0) is 27.0. The minimum atomic E-state index is -0.776. The van der Waals surface area contributed by atoms with Crippen LogP contribution in [0.3, 0.4) is 0 Å². The maximum absolute atomic E-state index is 12.7. The molecule has 38 heavy (non-hydrogen) atoms. The Balaban J connectivity index is 1.74. The molecule has 0 spiro atoms. The minimum absolute atomic E-state index is 0.0138. The number of aromatic nitrogens is 2. The number of carbonyl (C=O) groups excluding carboxylic acids is 2. The van der Waals surface area contributed by atoms with Crippen molar-refractivity contribution in [3.8, 4) is 0 Å². The van der Waals surface area contributed by atoms with E-state index in [2.05, 4.69) is 9.88 Å². The van der Waals surface area contributed by atoms with E-state index in [4.69, 9.17) is 9.72 Å².